The summed E-state index contributed by atoms with van der Waals surface area (Å²) in [5.74, 6) is 1.85. The molecule has 28 heavy (non-hydrogen) atoms. The number of nitrogens with one attached hydrogen (secondary N) is 1. The van der Waals surface area contributed by atoms with Crippen LogP contribution in [0.3, 0.4) is 0 Å². The number of likely N-dealkylation sites (tertiary alicyclic amines) is 1. The molecule has 156 valence electrons. The zero-order valence-corrected chi connectivity index (χ0v) is 18.4. The van der Waals surface area contributed by atoms with Crippen LogP contribution < -0.4 is 5.32 Å². The van der Waals surface area contributed by atoms with Gasteiger partial charge in [-0.15, -0.1) is 11.3 Å². The number of amides is 1. The number of guanidine groups is 1. The van der Waals surface area contributed by atoms with Crippen LogP contribution in [0.4, 0.5) is 0 Å². The maximum Gasteiger partial charge on any atom is 0.239 e. The summed E-state index contributed by atoms with van der Waals surface area (Å²) < 4.78 is 0. The maximum absolute atomic E-state index is 12.7. The Morgan fingerprint density at radius 2 is 1.86 bits per heavy atom. The van der Waals surface area contributed by atoms with Crippen LogP contribution in [0, 0.1) is 5.92 Å². The van der Waals surface area contributed by atoms with Crippen molar-refractivity contribution < 1.29 is 4.79 Å². The average molecular weight is 406 g/mol. The SMILES string of the molecule is CN=C(NCC(C)Cc1cccs1)N1CCN(C(C)C(=O)N2CCCC2)CC1. The minimum Gasteiger partial charge on any atom is -0.356 e. The Morgan fingerprint density at radius 3 is 2.46 bits per heavy atom. The van der Waals surface area contributed by atoms with Crippen LogP contribution in [-0.4, -0.2) is 85.5 Å². The van der Waals surface area contributed by atoms with Gasteiger partial charge in [0.05, 0.1) is 6.04 Å². The van der Waals surface area contributed by atoms with E-state index < -0.39 is 0 Å². The van der Waals surface area contributed by atoms with Gasteiger partial charge in [0.15, 0.2) is 5.96 Å². The molecule has 2 unspecified atom stereocenters. The van der Waals surface area contributed by atoms with E-state index >= 15 is 0 Å². The van der Waals surface area contributed by atoms with Gasteiger partial charge in [-0.25, -0.2) is 0 Å². The number of carbonyl (C=O) groups excluding carboxylic acids is 1. The third kappa shape index (κ3) is 5.47. The van der Waals surface area contributed by atoms with Gasteiger partial charge in [-0.3, -0.25) is 14.7 Å². The number of thiophene rings is 1. The molecule has 2 atom stereocenters. The van der Waals surface area contributed by atoms with Crippen molar-refractivity contribution >= 4 is 23.2 Å². The second-order valence-electron chi connectivity index (χ2n) is 8.05. The monoisotopic (exact) mass is 405 g/mol. The first-order valence-electron chi connectivity index (χ1n) is 10.6. The Bertz CT molecular complexity index is 633. The lowest BCUT2D eigenvalue weighted by atomic mass is 10.1. The lowest BCUT2D eigenvalue weighted by Crippen LogP contribution is -2.57. The third-order valence-electron chi connectivity index (χ3n) is 5.89. The molecule has 6 nitrogen and oxygen atoms in total. The van der Waals surface area contributed by atoms with E-state index in [0.29, 0.717) is 11.8 Å². The molecule has 1 amide bonds. The van der Waals surface area contributed by atoms with Crippen LogP contribution in [0.25, 0.3) is 0 Å². The van der Waals surface area contributed by atoms with Gasteiger partial charge in [0.2, 0.25) is 5.91 Å². The van der Waals surface area contributed by atoms with Crippen LogP contribution in [0.1, 0.15) is 31.6 Å². The van der Waals surface area contributed by atoms with Crippen molar-refractivity contribution in [2.24, 2.45) is 10.9 Å². The summed E-state index contributed by atoms with van der Waals surface area (Å²) in [5.41, 5.74) is 0. The predicted octanol–water partition coefficient (Wildman–Crippen LogP) is 2.13. The molecule has 0 spiro atoms. The van der Waals surface area contributed by atoms with E-state index in [1.165, 1.54) is 4.88 Å². The molecule has 0 aromatic carbocycles. The van der Waals surface area contributed by atoms with Crippen molar-refractivity contribution in [2.75, 3.05) is 52.9 Å². The van der Waals surface area contributed by atoms with Gasteiger partial charge in [0, 0.05) is 57.7 Å². The summed E-state index contributed by atoms with van der Waals surface area (Å²) >= 11 is 1.83. The van der Waals surface area contributed by atoms with E-state index in [-0.39, 0.29) is 6.04 Å². The zero-order valence-electron chi connectivity index (χ0n) is 17.6. The van der Waals surface area contributed by atoms with E-state index in [0.717, 1.165) is 71.0 Å². The predicted molar refractivity (Wildman–Crippen MR) is 117 cm³/mol. The molecule has 1 aromatic rings. The first kappa shape index (κ1) is 21.1. The van der Waals surface area contributed by atoms with E-state index in [4.69, 9.17) is 0 Å². The van der Waals surface area contributed by atoms with Crippen LogP contribution in [0.15, 0.2) is 22.5 Å². The van der Waals surface area contributed by atoms with E-state index in [1.54, 1.807) is 0 Å². The average Bonchev–Trinajstić information content (AvgIpc) is 3.42. The molecule has 2 aliphatic rings. The van der Waals surface area contributed by atoms with Gasteiger partial charge in [0.1, 0.15) is 0 Å². The number of rotatable bonds is 6. The van der Waals surface area contributed by atoms with Gasteiger partial charge in [0.25, 0.3) is 0 Å². The standard InChI is InChI=1S/C21H35N5OS/c1-17(15-19-7-6-14-28-19)16-23-21(22-3)26-12-10-24(11-13-26)18(2)20(27)25-8-4-5-9-25/h6-7,14,17-18H,4-5,8-13,15-16H2,1-3H3,(H,22,23). The second kappa shape index (κ2) is 10.3. The number of aliphatic imine (C=N–C) groups is 1. The largest absolute Gasteiger partial charge is 0.356 e. The van der Waals surface area contributed by atoms with Crippen LogP contribution >= 0.6 is 11.3 Å². The molecule has 0 bridgehead atoms. The molecular formula is C21H35N5OS. The Balaban J connectivity index is 1.42. The molecule has 1 aromatic heterocycles. The number of carbonyl (C=O) groups is 1. The van der Waals surface area contributed by atoms with Gasteiger partial charge in [-0.05, 0) is 43.6 Å². The third-order valence-corrected chi connectivity index (χ3v) is 6.79. The topological polar surface area (TPSA) is 51.2 Å². The van der Waals surface area contributed by atoms with Gasteiger partial charge in [-0.1, -0.05) is 13.0 Å². The smallest absolute Gasteiger partial charge is 0.239 e. The van der Waals surface area contributed by atoms with Crippen molar-refractivity contribution in [1.82, 2.24) is 20.0 Å². The van der Waals surface area contributed by atoms with Crippen molar-refractivity contribution in [1.29, 1.82) is 0 Å². The quantitative estimate of drug-likeness (QED) is 0.582. The van der Waals surface area contributed by atoms with Crippen LogP contribution in [-0.2, 0) is 11.2 Å². The highest BCUT2D eigenvalue weighted by atomic mass is 32.1. The summed E-state index contributed by atoms with van der Waals surface area (Å²) in [6, 6.07) is 4.31. The normalized spacial score (nSPS) is 21.0. The maximum atomic E-state index is 12.7. The Kier molecular flexibility index (Phi) is 7.73. The van der Waals surface area contributed by atoms with Gasteiger partial charge in [-0.2, -0.15) is 0 Å². The first-order chi connectivity index (χ1) is 13.6. The highest BCUT2D eigenvalue weighted by molar-refractivity contribution is 7.09. The Labute approximate surface area is 173 Å². The molecular weight excluding hydrogens is 370 g/mol. The minimum absolute atomic E-state index is 0.0129. The molecule has 2 saturated heterocycles. The number of hydrogen-bond acceptors (Lipinski definition) is 4. The van der Waals surface area contributed by atoms with Crippen molar-refractivity contribution in [3.8, 4) is 0 Å². The first-order valence-corrected chi connectivity index (χ1v) is 11.5. The fraction of sp³-hybridized carbons (Fsp3) is 0.714. The number of piperazine rings is 1. The Hall–Kier alpha value is -1.60. The molecule has 1 N–H and O–H groups in total. The fourth-order valence-electron chi connectivity index (χ4n) is 4.12. The molecule has 2 fully saturated rings. The Morgan fingerprint density at radius 1 is 1.14 bits per heavy atom. The van der Waals surface area contributed by atoms with Gasteiger partial charge < -0.3 is 15.1 Å². The van der Waals surface area contributed by atoms with E-state index in [2.05, 4.69) is 51.5 Å². The number of hydrogen-bond donors (Lipinski definition) is 1. The van der Waals surface area contributed by atoms with Crippen molar-refractivity contribution in [2.45, 2.75) is 39.2 Å². The summed E-state index contributed by atoms with van der Waals surface area (Å²) in [4.78, 5) is 25.3. The van der Waals surface area contributed by atoms with Crippen molar-refractivity contribution in [3.05, 3.63) is 22.4 Å². The molecule has 3 heterocycles. The van der Waals surface area contributed by atoms with E-state index in [9.17, 15) is 4.79 Å². The van der Waals surface area contributed by atoms with Crippen LogP contribution in [0.5, 0.6) is 0 Å². The fourth-order valence-corrected chi connectivity index (χ4v) is 4.99. The van der Waals surface area contributed by atoms with Crippen LogP contribution in [0.2, 0.25) is 0 Å². The van der Waals surface area contributed by atoms with Crippen molar-refractivity contribution in [3.63, 3.8) is 0 Å². The molecule has 7 heteroatoms. The number of nitrogens with zero attached hydrogens (tertiary/aromatic N) is 4. The summed E-state index contributed by atoms with van der Waals surface area (Å²) in [5, 5.41) is 5.69. The molecule has 3 rings (SSSR count). The molecule has 0 radical (unpaired) electrons. The summed E-state index contributed by atoms with van der Waals surface area (Å²) in [7, 11) is 1.86. The lowest BCUT2D eigenvalue weighted by Gasteiger charge is -2.39. The lowest BCUT2D eigenvalue weighted by molar-refractivity contribution is -0.135. The molecule has 0 aliphatic carbocycles. The zero-order chi connectivity index (χ0) is 19.9. The molecule has 0 saturated carbocycles. The highest BCUT2D eigenvalue weighted by Gasteiger charge is 2.30. The molecule has 2 aliphatic heterocycles. The second-order valence-corrected chi connectivity index (χ2v) is 9.08. The minimum atomic E-state index is -0.0129. The van der Waals surface area contributed by atoms with Gasteiger partial charge >= 0.3 is 0 Å². The highest BCUT2D eigenvalue weighted by Crippen LogP contribution is 2.15. The van der Waals surface area contributed by atoms with E-state index in [1.807, 2.05) is 23.3 Å². The summed E-state index contributed by atoms with van der Waals surface area (Å²) in [6.45, 7) is 10.8. The summed E-state index contributed by atoms with van der Waals surface area (Å²) in [6.07, 6.45) is 3.41.